The van der Waals surface area contributed by atoms with Gasteiger partial charge in [0.2, 0.25) is 0 Å². The molecular weight excluding hydrogens is 348 g/mol. The molecule has 0 spiro atoms. The van der Waals surface area contributed by atoms with Gasteiger partial charge >= 0.3 is 5.97 Å². The van der Waals surface area contributed by atoms with Crippen LogP contribution < -0.4 is 4.90 Å². The zero-order chi connectivity index (χ0) is 19.3. The molecule has 2 aliphatic heterocycles. The molecule has 2 aromatic carbocycles. The lowest BCUT2D eigenvalue weighted by Crippen LogP contribution is -2.40. The van der Waals surface area contributed by atoms with Gasteiger partial charge in [-0.05, 0) is 74.9 Å². The number of carboxylic acids is 1. The maximum atomic E-state index is 11.3. The maximum absolute atomic E-state index is 11.3. The first kappa shape index (κ1) is 19.0. The Morgan fingerprint density at radius 2 is 1.57 bits per heavy atom. The normalized spacial score (nSPS) is 20.0. The van der Waals surface area contributed by atoms with E-state index in [1.165, 1.54) is 28.9 Å². The predicted molar refractivity (Wildman–Crippen MR) is 113 cm³/mol. The van der Waals surface area contributed by atoms with Crippen LogP contribution in [0.5, 0.6) is 0 Å². The lowest BCUT2D eigenvalue weighted by molar-refractivity contribution is -0.143. The molecule has 4 heteroatoms. The van der Waals surface area contributed by atoms with Crippen LogP contribution in [0.2, 0.25) is 0 Å². The molecule has 0 bridgehead atoms. The van der Waals surface area contributed by atoms with Crippen LogP contribution in [-0.2, 0) is 17.6 Å². The van der Waals surface area contributed by atoms with Crippen LogP contribution in [0.15, 0.2) is 48.5 Å². The van der Waals surface area contributed by atoms with E-state index in [4.69, 9.17) is 0 Å². The topological polar surface area (TPSA) is 43.8 Å². The number of aryl methyl sites for hydroxylation is 2. The number of nitrogens with zero attached hydrogens (tertiary/aromatic N) is 2. The van der Waals surface area contributed by atoms with Crippen LogP contribution in [0.4, 0.5) is 11.4 Å². The summed E-state index contributed by atoms with van der Waals surface area (Å²) in [5.74, 6) is -0.840. The van der Waals surface area contributed by atoms with Gasteiger partial charge in [0.25, 0.3) is 0 Å². The van der Waals surface area contributed by atoms with E-state index in [1.807, 2.05) is 0 Å². The molecule has 2 aliphatic rings. The van der Waals surface area contributed by atoms with Crippen LogP contribution in [0.25, 0.3) is 0 Å². The number of fused-ring (bicyclic) bond motifs is 2. The summed E-state index contributed by atoms with van der Waals surface area (Å²) in [7, 11) is 0. The van der Waals surface area contributed by atoms with E-state index in [9.17, 15) is 9.90 Å². The third-order valence-corrected chi connectivity index (χ3v) is 6.17. The number of carbonyl (C=O) groups is 1. The highest BCUT2D eigenvalue weighted by Gasteiger charge is 2.25. The van der Waals surface area contributed by atoms with Crippen molar-refractivity contribution in [3.8, 4) is 0 Å². The van der Waals surface area contributed by atoms with Crippen molar-refractivity contribution < 1.29 is 9.90 Å². The summed E-state index contributed by atoms with van der Waals surface area (Å²) in [6.45, 7) is 3.65. The fourth-order valence-corrected chi connectivity index (χ4v) is 4.72. The molecule has 0 radical (unpaired) electrons. The molecule has 0 aromatic heterocycles. The molecule has 4 rings (SSSR count). The number of hydrogen-bond acceptors (Lipinski definition) is 3. The van der Waals surface area contributed by atoms with Gasteiger partial charge < -0.3 is 14.9 Å². The van der Waals surface area contributed by atoms with Crippen LogP contribution >= 0.6 is 0 Å². The Kier molecular flexibility index (Phi) is 5.96. The molecule has 2 aromatic rings. The molecule has 0 unspecified atom stereocenters. The first-order valence-corrected chi connectivity index (χ1v) is 10.6. The molecule has 28 heavy (non-hydrogen) atoms. The number of anilines is 2. The fraction of sp³-hybridized carbons (Fsp3) is 0.458. The summed E-state index contributed by atoms with van der Waals surface area (Å²) in [6.07, 6.45) is 6.27. The van der Waals surface area contributed by atoms with E-state index >= 15 is 0 Å². The highest BCUT2D eigenvalue weighted by atomic mass is 16.4. The number of para-hydroxylation sites is 2. The van der Waals surface area contributed by atoms with Gasteiger partial charge in [-0.2, -0.15) is 0 Å². The first-order chi connectivity index (χ1) is 13.7. The molecule has 0 aliphatic carbocycles. The standard InChI is InChI=1S/C24H30N2O2/c27-24(28)21-12-6-15-25(18-21)16-7-17-26-22-13-3-1-8-19(22)10-5-11-20-9-2-4-14-23(20)26/h1-4,8-9,13-14,21H,5-7,10-12,15-18H2,(H,27,28)/t21-/m1/s1. The van der Waals surface area contributed by atoms with Crippen LogP contribution in [0.1, 0.15) is 36.8 Å². The number of likely N-dealkylation sites (tertiary alicyclic amines) is 1. The van der Waals surface area contributed by atoms with Crippen molar-refractivity contribution in [3.05, 3.63) is 59.7 Å². The highest BCUT2D eigenvalue weighted by molar-refractivity contribution is 5.70. The molecule has 1 atom stereocenters. The van der Waals surface area contributed by atoms with Gasteiger partial charge in [0.05, 0.1) is 5.92 Å². The number of carboxylic acid groups (broad SMARTS) is 1. The zero-order valence-corrected chi connectivity index (χ0v) is 16.5. The summed E-state index contributed by atoms with van der Waals surface area (Å²) in [4.78, 5) is 16.2. The van der Waals surface area contributed by atoms with Crippen molar-refractivity contribution >= 4 is 17.3 Å². The summed E-state index contributed by atoms with van der Waals surface area (Å²) in [5.41, 5.74) is 5.52. The third kappa shape index (κ3) is 4.22. The number of benzene rings is 2. The Labute approximate surface area is 167 Å². The second-order valence-electron chi connectivity index (χ2n) is 8.09. The van der Waals surface area contributed by atoms with Gasteiger partial charge in [0.15, 0.2) is 0 Å². The SMILES string of the molecule is O=C(O)[C@@H]1CCCN(CCCN2c3ccccc3CCCc3ccccc32)C1. The molecule has 1 saturated heterocycles. The van der Waals surface area contributed by atoms with Crippen LogP contribution in [0.3, 0.4) is 0 Å². The van der Waals surface area contributed by atoms with E-state index in [0.717, 1.165) is 51.7 Å². The Morgan fingerprint density at radius 3 is 2.21 bits per heavy atom. The molecule has 2 heterocycles. The van der Waals surface area contributed by atoms with Crippen molar-refractivity contribution in [1.82, 2.24) is 4.90 Å². The predicted octanol–water partition coefficient (Wildman–Crippen LogP) is 4.50. The molecule has 0 saturated carbocycles. The van der Waals surface area contributed by atoms with E-state index < -0.39 is 5.97 Å². The van der Waals surface area contributed by atoms with E-state index in [0.29, 0.717) is 6.54 Å². The van der Waals surface area contributed by atoms with Crippen molar-refractivity contribution in [2.24, 2.45) is 5.92 Å². The van der Waals surface area contributed by atoms with Crippen molar-refractivity contribution in [3.63, 3.8) is 0 Å². The fourth-order valence-electron chi connectivity index (χ4n) is 4.72. The molecular formula is C24H30N2O2. The van der Waals surface area contributed by atoms with Gasteiger partial charge in [0.1, 0.15) is 0 Å². The van der Waals surface area contributed by atoms with E-state index in [2.05, 4.69) is 58.3 Å². The van der Waals surface area contributed by atoms with E-state index in [-0.39, 0.29) is 5.92 Å². The summed E-state index contributed by atoms with van der Waals surface area (Å²) >= 11 is 0. The average molecular weight is 379 g/mol. The highest BCUT2D eigenvalue weighted by Crippen LogP contribution is 2.35. The number of hydrogen-bond donors (Lipinski definition) is 1. The Balaban J connectivity index is 1.50. The number of aliphatic carboxylic acids is 1. The number of piperidine rings is 1. The van der Waals surface area contributed by atoms with Gasteiger partial charge in [-0.25, -0.2) is 0 Å². The molecule has 1 fully saturated rings. The monoisotopic (exact) mass is 378 g/mol. The minimum absolute atomic E-state index is 0.197. The molecule has 1 N–H and O–H groups in total. The Bertz CT molecular complexity index is 772. The smallest absolute Gasteiger partial charge is 0.307 e. The first-order valence-electron chi connectivity index (χ1n) is 10.6. The minimum atomic E-state index is -0.642. The van der Waals surface area contributed by atoms with Gasteiger partial charge in [0, 0.05) is 24.5 Å². The lowest BCUT2D eigenvalue weighted by Gasteiger charge is -2.34. The van der Waals surface area contributed by atoms with E-state index in [1.54, 1.807) is 0 Å². The average Bonchev–Trinajstić information content (AvgIpc) is 2.71. The third-order valence-electron chi connectivity index (χ3n) is 6.17. The van der Waals surface area contributed by atoms with Gasteiger partial charge in [-0.15, -0.1) is 0 Å². The van der Waals surface area contributed by atoms with Crippen LogP contribution in [-0.4, -0.2) is 42.2 Å². The second-order valence-corrected chi connectivity index (χ2v) is 8.09. The second kappa shape index (κ2) is 8.78. The van der Waals surface area contributed by atoms with Gasteiger partial charge in [-0.3, -0.25) is 4.79 Å². The largest absolute Gasteiger partial charge is 0.481 e. The summed E-state index contributed by atoms with van der Waals surface area (Å²) < 4.78 is 0. The molecule has 0 amide bonds. The molecule has 4 nitrogen and oxygen atoms in total. The molecule has 148 valence electrons. The summed E-state index contributed by atoms with van der Waals surface area (Å²) in [5, 5.41) is 9.33. The lowest BCUT2D eigenvalue weighted by atomic mass is 9.96. The summed E-state index contributed by atoms with van der Waals surface area (Å²) in [6, 6.07) is 17.6. The Hall–Kier alpha value is -2.33. The van der Waals surface area contributed by atoms with Crippen molar-refractivity contribution in [2.45, 2.75) is 38.5 Å². The Morgan fingerprint density at radius 1 is 0.929 bits per heavy atom. The maximum Gasteiger partial charge on any atom is 0.307 e. The quantitative estimate of drug-likeness (QED) is 0.832. The van der Waals surface area contributed by atoms with Gasteiger partial charge in [-0.1, -0.05) is 36.4 Å². The van der Waals surface area contributed by atoms with Crippen LogP contribution in [0, 0.1) is 5.92 Å². The minimum Gasteiger partial charge on any atom is -0.481 e. The van der Waals surface area contributed by atoms with Crippen molar-refractivity contribution in [1.29, 1.82) is 0 Å². The number of rotatable bonds is 5. The van der Waals surface area contributed by atoms with Crippen molar-refractivity contribution in [2.75, 3.05) is 31.1 Å². The zero-order valence-electron chi connectivity index (χ0n) is 16.5.